The van der Waals surface area contributed by atoms with E-state index in [9.17, 15) is 0 Å². The third-order valence-corrected chi connectivity index (χ3v) is 3.66. The Labute approximate surface area is 117 Å². The van der Waals surface area contributed by atoms with Gasteiger partial charge in [-0.3, -0.25) is 0 Å². The lowest BCUT2D eigenvalue weighted by Crippen LogP contribution is -2.25. The molecule has 0 nitrogen and oxygen atoms in total. The fourth-order valence-corrected chi connectivity index (χ4v) is 3.05. The molecule has 0 bridgehead atoms. The van der Waals surface area contributed by atoms with Crippen LogP contribution in [0.1, 0.15) is 17.9 Å². The van der Waals surface area contributed by atoms with Crippen LogP contribution in [-0.2, 0) is 0 Å². The van der Waals surface area contributed by atoms with E-state index in [0.29, 0.717) is 0 Å². The maximum atomic E-state index is 6.14. The summed E-state index contributed by atoms with van der Waals surface area (Å²) < 4.78 is -1.29. The summed E-state index contributed by atoms with van der Waals surface area (Å²) in [5, 5.41) is 0. The van der Waals surface area contributed by atoms with Crippen molar-refractivity contribution in [2.75, 3.05) is 0 Å². The topological polar surface area (TPSA) is 0 Å². The van der Waals surface area contributed by atoms with Gasteiger partial charge in [0, 0.05) is 5.92 Å². The van der Waals surface area contributed by atoms with Gasteiger partial charge in [-0.1, -0.05) is 89.4 Å². The number of alkyl halides is 3. The van der Waals surface area contributed by atoms with Crippen LogP contribution >= 0.6 is 34.8 Å². The summed E-state index contributed by atoms with van der Waals surface area (Å²) in [7, 11) is 0. The number of allylic oxidation sites excluding steroid dienone is 4. The smallest absolute Gasteiger partial charge is 0.0839 e. The molecule has 0 spiro atoms. The minimum Gasteiger partial charge on any atom is -0.0839 e. The Kier molecular flexibility index (Phi) is 4.19. The standard InChI is InChI=1S/C14H13Cl3/c15-14(16,17)13(11-7-3-1-4-8-11)12-9-5-2-6-10-12/h1-9,12-13H,10H2. The molecular formula is C14H13Cl3. The highest BCUT2D eigenvalue weighted by Crippen LogP contribution is 2.47. The number of benzene rings is 1. The SMILES string of the molecule is ClC(Cl)(Cl)C(c1ccccc1)C1C=CC=CC1. The van der Waals surface area contributed by atoms with E-state index >= 15 is 0 Å². The van der Waals surface area contributed by atoms with Gasteiger partial charge in [0.05, 0.1) is 0 Å². The van der Waals surface area contributed by atoms with E-state index in [-0.39, 0.29) is 11.8 Å². The van der Waals surface area contributed by atoms with Gasteiger partial charge in [0.2, 0.25) is 0 Å². The molecule has 0 radical (unpaired) electrons. The van der Waals surface area contributed by atoms with Crippen molar-refractivity contribution >= 4 is 34.8 Å². The zero-order chi connectivity index (χ0) is 12.3. The van der Waals surface area contributed by atoms with Gasteiger partial charge >= 0.3 is 0 Å². The largest absolute Gasteiger partial charge is 0.197 e. The van der Waals surface area contributed by atoms with E-state index in [1.807, 2.05) is 42.5 Å². The summed E-state index contributed by atoms with van der Waals surface area (Å²) in [6.07, 6.45) is 9.16. The van der Waals surface area contributed by atoms with E-state index in [1.165, 1.54) is 0 Å². The normalized spacial score (nSPS) is 21.5. The highest BCUT2D eigenvalue weighted by molar-refractivity contribution is 6.68. The predicted octanol–water partition coefficient (Wildman–Crippen LogP) is 5.27. The van der Waals surface area contributed by atoms with Crippen molar-refractivity contribution in [3.05, 3.63) is 60.2 Å². The van der Waals surface area contributed by atoms with Crippen LogP contribution in [0.2, 0.25) is 0 Å². The highest BCUT2D eigenvalue weighted by Gasteiger charge is 2.38. The van der Waals surface area contributed by atoms with Gasteiger partial charge in [0.25, 0.3) is 0 Å². The molecule has 0 heterocycles. The second-order valence-corrected chi connectivity index (χ2v) is 6.51. The molecule has 0 fully saturated rings. The van der Waals surface area contributed by atoms with Gasteiger partial charge in [0.1, 0.15) is 0 Å². The molecule has 1 aromatic carbocycles. The van der Waals surface area contributed by atoms with Gasteiger partial charge in [0.15, 0.2) is 3.79 Å². The van der Waals surface area contributed by atoms with Gasteiger partial charge in [-0.15, -0.1) is 0 Å². The number of hydrogen-bond donors (Lipinski definition) is 0. The third kappa shape index (κ3) is 3.28. The van der Waals surface area contributed by atoms with Crippen molar-refractivity contribution in [2.45, 2.75) is 16.1 Å². The lowest BCUT2D eigenvalue weighted by molar-refractivity contribution is 0.514. The summed E-state index contributed by atoms with van der Waals surface area (Å²) in [6.45, 7) is 0. The van der Waals surface area contributed by atoms with Crippen LogP contribution in [0.25, 0.3) is 0 Å². The van der Waals surface area contributed by atoms with Crippen molar-refractivity contribution < 1.29 is 0 Å². The molecule has 3 heteroatoms. The first-order valence-electron chi connectivity index (χ1n) is 5.54. The van der Waals surface area contributed by atoms with Crippen molar-refractivity contribution in [3.8, 4) is 0 Å². The van der Waals surface area contributed by atoms with Gasteiger partial charge in [-0.2, -0.15) is 0 Å². The maximum Gasteiger partial charge on any atom is 0.197 e. The van der Waals surface area contributed by atoms with Crippen LogP contribution in [0.3, 0.4) is 0 Å². The maximum absolute atomic E-state index is 6.14. The Balaban J connectivity index is 2.33. The Hall–Kier alpha value is -0.430. The molecule has 0 saturated carbocycles. The predicted molar refractivity (Wildman–Crippen MR) is 75.9 cm³/mol. The highest BCUT2D eigenvalue weighted by atomic mass is 35.6. The lowest BCUT2D eigenvalue weighted by atomic mass is 9.83. The van der Waals surface area contributed by atoms with Crippen LogP contribution in [0.4, 0.5) is 0 Å². The molecule has 0 saturated heterocycles. The van der Waals surface area contributed by atoms with Crippen LogP contribution in [0.15, 0.2) is 54.6 Å². The zero-order valence-corrected chi connectivity index (χ0v) is 11.5. The molecule has 90 valence electrons. The molecule has 1 aliphatic rings. The zero-order valence-electron chi connectivity index (χ0n) is 9.19. The van der Waals surface area contributed by atoms with Crippen LogP contribution in [0, 0.1) is 5.92 Å². The monoisotopic (exact) mass is 286 g/mol. The summed E-state index contributed by atoms with van der Waals surface area (Å²) in [6, 6.07) is 9.94. The number of halogens is 3. The van der Waals surface area contributed by atoms with Crippen LogP contribution in [0.5, 0.6) is 0 Å². The molecule has 0 amide bonds. The summed E-state index contributed by atoms with van der Waals surface area (Å²) in [5.74, 6) is 0.116. The Bertz CT molecular complexity index is 415. The van der Waals surface area contributed by atoms with Crippen molar-refractivity contribution in [2.24, 2.45) is 5.92 Å². The molecule has 17 heavy (non-hydrogen) atoms. The fraction of sp³-hybridized carbons (Fsp3) is 0.286. The molecule has 1 aromatic rings. The number of hydrogen-bond acceptors (Lipinski definition) is 0. The van der Waals surface area contributed by atoms with Crippen molar-refractivity contribution in [1.29, 1.82) is 0 Å². The molecule has 0 aromatic heterocycles. The van der Waals surface area contributed by atoms with Crippen molar-refractivity contribution in [3.63, 3.8) is 0 Å². The first-order valence-corrected chi connectivity index (χ1v) is 6.67. The molecule has 2 atom stereocenters. The fourth-order valence-electron chi connectivity index (χ4n) is 2.19. The van der Waals surface area contributed by atoms with E-state index in [0.717, 1.165) is 12.0 Å². The lowest BCUT2D eigenvalue weighted by Gasteiger charge is -2.31. The molecular weight excluding hydrogens is 275 g/mol. The second-order valence-electron chi connectivity index (χ2n) is 4.14. The van der Waals surface area contributed by atoms with Crippen LogP contribution < -0.4 is 0 Å². The number of rotatable bonds is 2. The quantitative estimate of drug-likeness (QED) is 0.650. The summed E-state index contributed by atoms with van der Waals surface area (Å²) in [5.41, 5.74) is 1.07. The molecule has 2 rings (SSSR count). The Morgan fingerprint density at radius 1 is 1.06 bits per heavy atom. The average molecular weight is 288 g/mol. The van der Waals surface area contributed by atoms with Crippen LogP contribution in [-0.4, -0.2) is 3.79 Å². The molecule has 2 unspecified atom stereocenters. The Morgan fingerprint density at radius 2 is 1.76 bits per heavy atom. The van der Waals surface area contributed by atoms with Crippen molar-refractivity contribution in [1.82, 2.24) is 0 Å². The first kappa shape index (κ1) is 13.0. The van der Waals surface area contributed by atoms with Gasteiger partial charge < -0.3 is 0 Å². The Morgan fingerprint density at radius 3 is 2.29 bits per heavy atom. The molecule has 0 N–H and O–H groups in total. The minimum absolute atomic E-state index is 0.116. The third-order valence-electron chi connectivity index (χ3n) is 2.95. The van der Waals surface area contributed by atoms with E-state index in [4.69, 9.17) is 34.8 Å². The minimum atomic E-state index is -1.29. The summed E-state index contributed by atoms with van der Waals surface area (Å²) in [4.78, 5) is 0. The average Bonchev–Trinajstić information content (AvgIpc) is 2.30. The molecule has 0 aliphatic heterocycles. The first-order chi connectivity index (χ1) is 8.09. The van der Waals surface area contributed by atoms with E-state index < -0.39 is 3.79 Å². The van der Waals surface area contributed by atoms with E-state index in [1.54, 1.807) is 0 Å². The van der Waals surface area contributed by atoms with E-state index in [2.05, 4.69) is 12.2 Å². The van der Waals surface area contributed by atoms with Gasteiger partial charge in [-0.25, -0.2) is 0 Å². The molecule has 1 aliphatic carbocycles. The summed E-state index contributed by atoms with van der Waals surface area (Å²) >= 11 is 18.4. The van der Waals surface area contributed by atoms with Gasteiger partial charge in [-0.05, 0) is 17.9 Å². The second kappa shape index (κ2) is 5.48.